The zero-order chi connectivity index (χ0) is 13.0. The van der Waals surface area contributed by atoms with Gasteiger partial charge in [0.1, 0.15) is 0 Å². The summed E-state index contributed by atoms with van der Waals surface area (Å²) >= 11 is 1.65. The normalized spacial score (nSPS) is 18.1. The molecule has 1 aromatic rings. The van der Waals surface area contributed by atoms with Crippen LogP contribution in [0.5, 0.6) is 0 Å². The molecule has 2 rings (SSSR count). The van der Waals surface area contributed by atoms with Gasteiger partial charge in [-0.2, -0.15) is 0 Å². The van der Waals surface area contributed by atoms with Crippen LogP contribution in [0.25, 0.3) is 0 Å². The summed E-state index contributed by atoms with van der Waals surface area (Å²) in [5.74, 6) is 0.282. The average molecular weight is 266 g/mol. The molecule has 4 heteroatoms. The molecule has 0 amide bonds. The predicted octanol–water partition coefficient (Wildman–Crippen LogP) is 2.13. The molecule has 18 heavy (non-hydrogen) atoms. The Kier molecular flexibility index (Phi) is 4.92. The maximum Gasteiger partial charge on any atom is 0.186 e. The summed E-state index contributed by atoms with van der Waals surface area (Å²) in [4.78, 5) is 19.1. The minimum atomic E-state index is 0.282. The maximum atomic E-state index is 12.1. The standard InChI is InChI=1S/C14H22N2OS/c1-3-12-5-6-14(18-12)13(17)11-16-9-7-15(4-2)8-10-16/h5-6H,3-4,7-11H2,1-2H3. The Hall–Kier alpha value is -0.710. The summed E-state index contributed by atoms with van der Waals surface area (Å²) in [5.41, 5.74) is 0. The van der Waals surface area contributed by atoms with E-state index < -0.39 is 0 Å². The molecule has 2 heterocycles. The first-order valence-electron chi connectivity index (χ1n) is 6.79. The number of nitrogens with zero attached hydrogens (tertiary/aromatic N) is 2. The number of hydrogen-bond donors (Lipinski definition) is 0. The highest BCUT2D eigenvalue weighted by Crippen LogP contribution is 2.18. The summed E-state index contributed by atoms with van der Waals surface area (Å²) in [6.45, 7) is 10.2. The fourth-order valence-corrected chi connectivity index (χ4v) is 3.14. The second kappa shape index (κ2) is 6.45. The van der Waals surface area contributed by atoms with Crippen molar-refractivity contribution in [3.8, 4) is 0 Å². The highest BCUT2D eigenvalue weighted by atomic mass is 32.1. The number of ketones is 1. The summed E-state index contributed by atoms with van der Waals surface area (Å²) in [5, 5.41) is 0. The van der Waals surface area contributed by atoms with Crippen molar-refractivity contribution < 1.29 is 4.79 Å². The molecule has 1 aliphatic rings. The van der Waals surface area contributed by atoms with Gasteiger partial charge in [0.15, 0.2) is 5.78 Å². The third kappa shape index (κ3) is 3.40. The number of thiophene rings is 1. The van der Waals surface area contributed by atoms with Gasteiger partial charge in [0.25, 0.3) is 0 Å². The Labute approximate surface area is 113 Å². The van der Waals surface area contributed by atoms with Crippen LogP contribution in [0, 0.1) is 0 Å². The van der Waals surface area contributed by atoms with Crippen LogP contribution in [0.4, 0.5) is 0 Å². The van der Waals surface area contributed by atoms with E-state index in [-0.39, 0.29) is 5.78 Å². The lowest BCUT2D eigenvalue weighted by Gasteiger charge is -2.33. The molecular weight excluding hydrogens is 244 g/mol. The van der Waals surface area contributed by atoms with Crippen LogP contribution < -0.4 is 0 Å². The minimum Gasteiger partial charge on any atom is -0.301 e. The lowest BCUT2D eigenvalue weighted by atomic mass is 10.2. The van der Waals surface area contributed by atoms with E-state index >= 15 is 0 Å². The molecule has 0 radical (unpaired) electrons. The molecule has 3 nitrogen and oxygen atoms in total. The number of carbonyl (C=O) groups is 1. The molecule has 1 aromatic heterocycles. The van der Waals surface area contributed by atoms with Crippen molar-refractivity contribution in [3.05, 3.63) is 21.9 Å². The topological polar surface area (TPSA) is 23.6 Å². The Morgan fingerprint density at radius 2 is 1.83 bits per heavy atom. The van der Waals surface area contributed by atoms with Crippen molar-refractivity contribution in [2.45, 2.75) is 20.3 Å². The molecule has 0 saturated carbocycles. The van der Waals surface area contributed by atoms with E-state index in [9.17, 15) is 4.79 Å². The molecule has 0 unspecified atom stereocenters. The second-order valence-corrected chi connectivity index (χ2v) is 5.92. The number of hydrogen-bond acceptors (Lipinski definition) is 4. The van der Waals surface area contributed by atoms with E-state index in [2.05, 4.69) is 29.7 Å². The molecule has 1 aliphatic heterocycles. The summed E-state index contributed by atoms with van der Waals surface area (Å²) in [7, 11) is 0. The largest absolute Gasteiger partial charge is 0.301 e. The number of likely N-dealkylation sites (N-methyl/N-ethyl adjacent to an activating group) is 1. The van der Waals surface area contributed by atoms with E-state index in [1.54, 1.807) is 11.3 Å². The smallest absolute Gasteiger partial charge is 0.186 e. The SMILES string of the molecule is CCc1ccc(C(=O)CN2CCN(CC)CC2)s1. The quantitative estimate of drug-likeness (QED) is 0.763. The Morgan fingerprint density at radius 3 is 2.39 bits per heavy atom. The second-order valence-electron chi connectivity index (χ2n) is 4.75. The van der Waals surface area contributed by atoms with E-state index in [0.717, 1.165) is 44.0 Å². The van der Waals surface area contributed by atoms with Gasteiger partial charge in [-0.25, -0.2) is 0 Å². The third-order valence-electron chi connectivity index (χ3n) is 3.56. The predicted molar refractivity (Wildman–Crippen MR) is 76.6 cm³/mol. The molecule has 1 fully saturated rings. The van der Waals surface area contributed by atoms with Gasteiger partial charge in [-0.15, -0.1) is 11.3 Å². The van der Waals surface area contributed by atoms with Gasteiger partial charge in [-0.3, -0.25) is 9.69 Å². The maximum absolute atomic E-state index is 12.1. The fraction of sp³-hybridized carbons (Fsp3) is 0.643. The zero-order valence-electron chi connectivity index (χ0n) is 11.3. The molecule has 0 bridgehead atoms. The Bertz CT molecular complexity index is 394. The van der Waals surface area contributed by atoms with Gasteiger partial charge in [-0.05, 0) is 25.1 Å². The van der Waals surface area contributed by atoms with Crippen LogP contribution in [-0.2, 0) is 6.42 Å². The fourth-order valence-electron chi connectivity index (χ4n) is 2.26. The Balaban J connectivity index is 1.84. The van der Waals surface area contributed by atoms with Crippen molar-refractivity contribution in [2.75, 3.05) is 39.3 Å². The highest BCUT2D eigenvalue weighted by Gasteiger charge is 2.19. The molecule has 0 aliphatic carbocycles. The summed E-state index contributed by atoms with van der Waals surface area (Å²) in [6.07, 6.45) is 1.02. The first kappa shape index (κ1) is 13.7. The molecule has 0 N–H and O–H groups in total. The molecule has 0 spiro atoms. The van der Waals surface area contributed by atoms with E-state index in [1.807, 2.05) is 6.07 Å². The first-order valence-corrected chi connectivity index (χ1v) is 7.61. The van der Waals surface area contributed by atoms with Gasteiger partial charge < -0.3 is 4.90 Å². The zero-order valence-corrected chi connectivity index (χ0v) is 12.1. The number of Topliss-reactive ketones (excluding diaryl/α,β-unsaturated/α-hetero) is 1. The first-order chi connectivity index (χ1) is 8.72. The van der Waals surface area contributed by atoms with E-state index in [0.29, 0.717) is 6.54 Å². The van der Waals surface area contributed by atoms with Crippen molar-refractivity contribution in [1.82, 2.24) is 9.80 Å². The van der Waals surface area contributed by atoms with Crippen LogP contribution in [0.2, 0.25) is 0 Å². The molecule has 100 valence electrons. The number of rotatable bonds is 5. The molecule has 1 saturated heterocycles. The average Bonchev–Trinajstić information content (AvgIpc) is 2.88. The van der Waals surface area contributed by atoms with Gasteiger partial charge in [0.2, 0.25) is 0 Å². The van der Waals surface area contributed by atoms with E-state index in [4.69, 9.17) is 0 Å². The summed E-state index contributed by atoms with van der Waals surface area (Å²) < 4.78 is 0. The molecule has 0 atom stereocenters. The molecule has 0 aromatic carbocycles. The van der Waals surface area contributed by atoms with Crippen molar-refractivity contribution in [3.63, 3.8) is 0 Å². The molecular formula is C14H22N2OS. The van der Waals surface area contributed by atoms with Crippen LogP contribution in [0.15, 0.2) is 12.1 Å². The van der Waals surface area contributed by atoms with Crippen LogP contribution in [0.3, 0.4) is 0 Å². The van der Waals surface area contributed by atoms with Crippen molar-refractivity contribution >= 4 is 17.1 Å². The number of piperazine rings is 1. The van der Waals surface area contributed by atoms with Crippen molar-refractivity contribution in [2.24, 2.45) is 0 Å². The minimum absolute atomic E-state index is 0.282. The van der Waals surface area contributed by atoms with Gasteiger partial charge in [0, 0.05) is 31.1 Å². The lowest BCUT2D eigenvalue weighted by molar-refractivity contribution is 0.0863. The summed E-state index contributed by atoms with van der Waals surface area (Å²) in [6, 6.07) is 4.06. The van der Waals surface area contributed by atoms with E-state index in [1.165, 1.54) is 4.88 Å². The van der Waals surface area contributed by atoms with Crippen LogP contribution in [-0.4, -0.2) is 54.9 Å². The Morgan fingerprint density at radius 1 is 1.17 bits per heavy atom. The third-order valence-corrected chi connectivity index (χ3v) is 4.83. The number of carbonyl (C=O) groups excluding carboxylic acids is 1. The lowest BCUT2D eigenvalue weighted by Crippen LogP contribution is -2.47. The van der Waals surface area contributed by atoms with Gasteiger partial charge in [-0.1, -0.05) is 13.8 Å². The van der Waals surface area contributed by atoms with Gasteiger partial charge >= 0.3 is 0 Å². The van der Waals surface area contributed by atoms with Crippen molar-refractivity contribution in [1.29, 1.82) is 0 Å². The van der Waals surface area contributed by atoms with Gasteiger partial charge in [0.05, 0.1) is 11.4 Å². The van der Waals surface area contributed by atoms with Crippen LogP contribution >= 0.6 is 11.3 Å². The highest BCUT2D eigenvalue weighted by molar-refractivity contribution is 7.14. The van der Waals surface area contributed by atoms with Crippen LogP contribution in [0.1, 0.15) is 28.4 Å². The monoisotopic (exact) mass is 266 g/mol. The number of aryl methyl sites for hydroxylation is 1.